The smallest absolute Gasteiger partial charge is 0.319 e. The molecule has 3 rings (SSSR count). The van der Waals surface area contributed by atoms with E-state index >= 15 is 0 Å². The Morgan fingerprint density at radius 3 is 2.30 bits per heavy atom. The average molecular weight is 365 g/mol. The number of rotatable bonds is 7. The van der Waals surface area contributed by atoms with Crippen LogP contribution >= 0.6 is 0 Å². The van der Waals surface area contributed by atoms with Crippen LogP contribution in [0.2, 0.25) is 0 Å². The summed E-state index contributed by atoms with van der Waals surface area (Å²) in [4.78, 5) is 14.4. The molecule has 5 nitrogen and oxygen atoms in total. The van der Waals surface area contributed by atoms with Gasteiger partial charge in [-0.3, -0.25) is 0 Å². The molecule has 1 heterocycles. The largest absolute Gasteiger partial charge is 0.497 e. The molecule has 1 aliphatic heterocycles. The van der Waals surface area contributed by atoms with Gasteiger partial charge in [0.2, 0.25) is 0 Å². The Kier molecular flexibility index (Phi) is 6.36. The first-order valence-electron chi connectivity index (χ1n) is 9.33. The molecule has 0 bridgehead atoms. The number of carbonyl (C=O) groups excluding carboxylic acids is 1. The van der Waals surface area contributed by atoms with Crippen molar-refractivity contribution >= 4 is 11.7 Å². The number of urea groups is 1. The van der Waals surface area contributed by atoms with E-state index in [1.54, 1.807) is 7.11 Å². The molecule has 0 saturated carbocycles. The number of hydrogen-bond acceptors (Lipinski definition) is 3. The Morgan fingerprint density at radius 1 is 1.04 bits per heavy atom. The average Bonchev–Trinajstić information content (AvgIpc) is 3.23. The second kappa shape index (κ2) is 9.12. The maximum Gasteiger partial charge on any atom is 0.319 e. The van der Waals surface area contributed by atoms with Crippen LogP contribution in [-0.2, 0) is 13.0 Å². The normalized spacial score (nSPS) is 13.3. The number of ether oxygens (including phenoxy) is 1. The van der Waals surface area contributed by atoms with Crippen LogP contribution in [0.5, 0.6) is 5.75 Å². The highest BCUT2D eigenvalue weighted by atomic mass is 16.5. The maximum absolute atomic E-state index is 12.1. The summed E-state index contributed by atoms with van der Waals surface area (Å²) in [5.41, 5.74) is 4.17. The highest BCUT2D eigenvalue weighted by molar-refractivity contribution is 5.89. The minimum atomic E-state index is -0.222. The highest BCUT2D eigenvalue weighted by Crippen LogP contribution is 2.18. The predicted octanol–water partition coefficient (Wildman–Crippen LogP) is 4.17. The van der Waals surface area contributed by atoms with Crippen LogP contribution in [-0.4, -0.2) is 31.1 Å². The number of nitrogens with one attached hydrogen (secondary N) is 2. The summed E-state index contributed by atoms with van der Waals surface area (Å²) in [6, 6.07) is 15.3. The molecule has 0 spiro atoms. The number of methoxy groups -OCH3 is 1. The second-order valence-electron chi connectivity index (χ2n) is 6.79. The lowest BCUT2D eigenvalue weighted by molar-refractivity contribution is 0.251. The van der Waals surface area contributed by atoms with Crippen molar-refractivity contribution in [1.29, 1.82) is 0 Å². The van der Waals surface area contributed by atoms with Crippen LogP contribution in [0.1, 0.15) is 24.0 Å². The number of nitrogens with zero attached hydrogens (tertiary/aromatic N) is 1. The van der Waals surface area contributed by atoms with Crippen molar-refractivity contribution in [2.75, 3.05) is 25.5 Å². The summed E-state index contributed by atoms with van der Waals surface area (Å²) in [6.45, 7) is 6.90. The third kappa shape index (κ3) is 5.51. The second-order valence-corrected chi connectivity index (χ2v) is 6.79. The van der Waals surface area contributed by atoms with Crippen LogP contribution in [0, 0.1) is 0 Å². The van der Waals surface area contributed by atoms with Gasteiger partial charge in [0.1, 0.15) is 5.75 Å². The molecule has 0 unspecified atom stereocenters. The Hall–Kier alpha value is -2.95. The first-order chi connectivity index (χ1) is 13.1. The van der Waals surface area contributed by atoms with Gasteiger partial charge in [0.25, 0.3) is 0 Å². The molecule has 0 aromatic heterocycles. The lowest BCUT2D eigenvalue weighted by atomic mass is 10.1. The maximum atomic E-state index is 12.1. The Bertz CT molecular complexity index is 763. The van der Waals surface area contributed by atoms with E-state index in [0.29, 0.717) is 6.54 Å². The molecule has 142 valence electrons. The van der Waals surface area contributed by atoms with Gasteiger partial charge in [-0.05, 0) is 48.2 Å². The molecule has 2 aromatic rings. The number of carbonyl (C=O) groups is 1. The molecular weight excluding hydrogens is 338 g/mol. The molecule has 0 radical (unpaired) electrons. The molecule has 5 heteroatoms. The van der Waals surface area contributed by atoms with E-state index < -0.39 is 0 Å². The summed E-state index contributed by atoms with van der Waals surface area (Å²) >= 11 is 0. The molecule has 27 heavy (non-hydrogen) atoms. The fourth-order valence-corrected chi connectivity index (χ4v) is 3.19. The number of amides is 2. The van der Waals surface area contributed by atoms with E-state index in [-0.39, 0.29) is 6.03 Å². The third-order valence-electron chi connectivity index (χ3n) is 4.79. The van der Waals surface area contributed by atoms with Crippen molar-refractivity contribution in [2.24, 2.45) is 0 Å². The quantitative estimate of drug-likeness (QED) is 0.774. The minimum Gasteiger partial charge on any atom is -0.497 e. The van der Waals surface area contributed by atoms with E-state index in [2.05, 4.69) is 22.1 Å². The minimum absolute atomic E-state index is 0.222. The number of hydrogen-bond donors (Lipinski definition) is 2. The van der Waals surface area contributed by atoms with Crippen molar-refractivity contribution in [3.8, 4) is 5.75 Å². The molecule has 2 N–H and O–H groups in total. The number of anilines is 1. The zero-order valence-corrected chi connectivity index (χ0v) is 15.8. The van der Waals surface area contributed by atoms with Gasteiger partial charge in [-0.2, -0.15) is 0 Å². The SMILES string of the molecule is C=C(Cc1ccc(NC(=O)NCc2ccc(OC)cc2)cc1)N1CCCC1. The summed E-state index contributed by atoms with van der Waals surface area (Å²) < 4.78 is 5.13. The monoisotopic (exact) mass is 365 g/mol. The van der Waals surface area contributed by atoms with E-state index in [0.717, 1.165) is 36.5 Å². The first kappa shape index (κ1) is 18.8. The van der Waals surface area contributed by atoms with Gasteiger partial charge in [0.05, 0.1) is 7.11 Å². The lowest BCUT2D eigenvalue weighted by Gasteiger charge is -2.20. The van der Waals surface area contributed by atoms with E-state index in [4.69, 9.17) is 4.74 Å². The lowest BCUT2D eigenvalue weighted by Crippen LogP contribution is -2.28. The molecular formula is C22H27N3O2. The van der Waals surface area contributed by atoms with Gasteiger partial charge in [0.15, 0.2) is 0 Å². The van der Waals surface area contributed by atoms with Crippen molar-refractivity contribution in [3.05, 3.63) is 71.9 Å². The molecule has 2 amide bonds. The highest BCUT2D eigenvalue weighted by Gasteiger charge is 2.13. The number of allylic oxidation sites excluding steroid dienone is 1. The predicted molar refractivity (Wildman–Crippen MR) is 109 cm³/mol. The molecule has 1 saturated heterocycles. The third-order valence-corrected chi connectivity index (χ3v) is 4.79. The molecule has 0 atom stereocenters. The zero-order valence-electron chi connectivity index (χ0n) is 15.8. The fourth-order valence-electron chi connectivity index (χ4n) is 3.19. The van der Waals surface area contributed by atoms with Crippen molar-refractivity contribution < 1.29 is 9.53 Å². The van der Waals surface area contributed by atoms with Crippen LogP contribution in [0.4, 0.5) is 10.5 Å². The Morgan fingerprint density at radius 2 is 1.67 bits per heavy atom. The molecule has 1 aliphatic rings. The van der Waals surface area contributed by atoms with Gasteiger partial charge in [0, 0.05) is 37.4 Å². The molecule has 0 aliphatic carbocycles. The molecule has 2 aromatic carbocycles. The van der Waals surface area contributed by atoms with E-state index in [9.17, 15) is 4.79 Å². The Labute approximate surface area is 161 Å². The van der Waals surface area contributed by atoms with Gasteiger partial charge >= 0.3 is 6.03 Å². The molecule has 1 fully saturated rings. The Balaban J connectivity index is 1.45. The van der Waals surface area contributed by atoms with Gasteiger partial charge in [-0.25, -0.2) is 4.79 Å². The summed E-state index contributed by atoms with van der Waals surface area (Å²) in [5.74, 6) is 0.802. The van der Waals surface area contributed by atoms with Crippen molar-refractivity contribution in [3.63, 3.8) is 0 Å². The first-order valence-corrected chi connectivity index (χ1v) is 9.33. The van der Waals surface area contributed by atoms with Crippen LogP contribution in [0.25, 0.3) is 0 Å². The van der Waals surface area contributed by atoms with Gasteiger partial charge in [-0.15, -0.1) is 0 Å². The van der Waals surface area contributed by atoms with Crippen LogP contribution in [0.15, 0.2) is 60.8 Å². The van der Waals surface area contributed by atoms with Crippen molar-refractivity contribution in [2.45, 2.75) is 25.8 Å². The number of likely N-dealkylation sites (tertiary alicyclic amines) is 1. The van der Waals surface area contributed by atoms with Gasteiger partial charge in [-0.1, -0.05) is 30.8 Å². The standard InChI is InChI=1S/C22H27N3O2/c1-17(25-13-3-4-14-25)15-18-5-9-20(10-6-18)24-22(26)23-16-19-7-11-21(27-2)12-8-19/h5-12H,1,3-4,13-16H2,2H3,(H2,23,24,26). The van der Waals surface area contributed by atoms with E-state index in [1.165, 1.54) is 24.1 Å². The topological polar surface area (TPSA) is 53.6 Å². The number of benzene rings is 2. The summed E-state index contributed by atoms with van der Waals surface area (Å²) in [7, 11) is 1.63. The van der Waals surface area contributed by atoms with E-state index in [1.807, 2.05) is 48.5 Å². The van der Waals surface area contributed by atoms with Gasteiger partial charge < -0.3 is 20.3 Å². The van der Waals surface area contributed by atoms with Crippen LogP contribution in [0.3, 0.4) is 0 Å². The zero-order chi connectivity index (χ0) is 19.1. The summed E-state index contributed by atoms with van der Waals surface area (Å²) in [6.07, 6.45) is 3.37. The fraction of sp³-hybridized carbons (Fsp3) is 0.318. The summed E-state index contributed by atoms with van der Waals surface area (Å²) in [5, 5.41) is 5.72. The van der Waals surface area contributed by atoms with Crippen molar-refractivity contribution in [1.82, 2.24) is 10.2 Å². The van der Waals surface area contributed by atoms with Crippen LogP contribution < -0.4 is 15.4 Å².